The lowest BCUT2D eigenvalue weighted by Gasteiger charge is -2.28. The molecule has 0 fully saturated rings. The molecule has 3 rings (SSSR count). The summed E-state index contributed by atoms with van der Waals surface area (Å²) < 4.78 is 0. The van der Waals surface area contributed by atoms with Gasteiger partial charge in [-0.2, -0.15) is 0 Å². The highest BCUT2D eigenvalue weighted by molar-refractivity contribution is 7.99. The van der Waals surface area contributed by atoms with Gasteiger partial charge in [-0.3, -0.25) is 0 Å². The largest absolute Gasteiger partial charge is 0.303 e. The normalized spacial score (nSPS) is 20.4. The second-order valence-electron chi connectivity index (χ2n) is 4.63. The molecule has 0 saturated heterocycles. The Balaban J connectivity index is 1.78. The van der Waals surface area contributed by atoms with E-state index < -0.39 is 0 Å². The Bertz CT molecular complexity index is 507. The lowest BCUT2D eigenvalue weighted by Crippen LogP contribution is -2.26. The molecule has 2 atom stereocenters. The first-order valence-electron chi connectivity index (χ1n) is 6.36. The van der Waals surface area contributed by atoms with Crippen molar-refractivity contribution in [3.63, 3.8) is 0 Å². The zero-order valence-electron chi connectivity index (χ0n) is 10.4. The Morgan fingerprint density at radius 3 is 2.94 bits per heavy atom. The van der Waals surface area contributed by atoms with Crippen LogP contribution < -0.4 is 5.32 Å². The van der Waals surface area contributed by atoms with Crippen molar-refractivity contribution in [3.8, 4) is 0 Å². The minimum Gasteiger partial charge on any atom is -0.303 e. The van der Waals surface area contributed by atoms with Gasteiger partial charge in [-0.05, 0) is 42.2 Å². The molecule has 18 heavy (non-hydrogen) atoms. The van der Waals surface area contributed by atoms with E-state index in [9.17, 15) is 0 Å². The molecule has 2 heterocycles. The van der Waals surface area contributed by atoms with Gasteiger partial charge >= 0.3 is 0 Å². The van der Waals surface area contributed by atoms with Gasteiger partial charge in [0.15, 0.2) is 0 Å². The lowest BCUT2D eigenvalue weighted by atomic mass is 10.0. The molecule has 3 heteroatoms. The van der Waals surface area contributed by atoms with Crippen LogP contribution in [0.3, 0.4) is 0 Å². The molecular formula is C15H17NS2. The molecule has 1 N–H and O–H groups in total. The Morgan fingerprint density at radius 2 is 2.11 bits per heavy atom. The van der Waals surface area contributed by atoms with Gasteiger partial charge in [0.25, 0.3) is 0 Å². The van der Waals surface area contributed by atoms with Gasteiger partial charge in [0, 0.05) is 21.9 Å². The molecule has 2 unspecified atom stereocenters. The molecule has 1 nitrogen and oxygen atoms in total. The zero-order valence-corrected chi connectivity index (χ0v) is 12.1. The minimum atomic E-state index is 0.436. The fraction of sp³-hybridized carbons (Fsp3) is 0.333. The van der Waals surface area contributed by atoms with E-state index in [4.69, 9.17) is 0 Å². The number of hydrogen-bond acceptors (Lipinski definition) is 3. The molecule has 1 aliphatic rings. The van der Waals surface area contributed by atoms with Crippen LogP contribution in [0.2, 0.25) is 0 Å². The molecule has 1 aromatic heterocycles. The van der Waals surface area contributed by atoms with Gasteiger partial charge in [0.2, 0.25) is 0 Å². The van der Waals surface area contributed by atoms with Crippen LogP contribution >= 0.6 is 23.1 Å². The van der Waals surface area contributed by atoms with Crippen LogP contribution in [-0.4, -0.2) is 5.75 Å². The van der Waals surface area contributed by atoms with Crippen molar-refractivity contribution in [2.75, 3.05) is 5.75 Å². The summed E-state index contributed by atoms with van der Waals surface area (Å²) in [5, 5.41) is 5.93. The third-order valence-corrected chi connectivity index (χ3v) is 5.56. The van der Waals surface area contributed by atoms with Gasteiger partial charge < -0.3 is 5.32 Å². The molecule has 0 bridgehead atoms. The van der Waals surface area contributed by atoms with E-state index in [1.165, 1.54) is 27.5 Å². The van der Waals surface area contributed by atoms with E-state index in [-0.39, 0.29) is 0 Å². The van der Waals surface area contributed by atoms with Crippen molar-refractivity contribution < 1.29 is 0 Å². The van der Waals surface area contributed by atoms with E-state index in [1.54, 1.807) is 0 Å². The number of benzene rings is 1. The van der Waals surface area contributed by atoms with Crippen LogP contribution in [0.25, 0.3) is 0 Å². The average molecular weight is 275 g/mol. The molecule has 1 aliphatic heterocycles. The van der Waals surface area contributed by atoms with Crippen molar-refractivity contribution >= 4 is 23.1 Å². The standard InChI is InChI=1S/C15H17NS2/c1-11(14-7-4-9-17-14)16-13-8-10-18-15-6-3-2-5-12(13)15/h2-7,9,11,13,16H,8,10H2,1H3. The SMILES string of the molecule is CC(NC1CCSc2ccccc21)c1cccs1. The maximum Gasteiger partial charge on any atom is 0.0391 e. The molecule has 0 amide bonds. The van der Waals surface area contributed by atoms with Gasteiger partial charge in [0.05, 0.1) is 0 Å². The van der Waals surface area contributed by atoms with Crippen LogP contribution in [0.5, 0.6) is 0 Å². The first-order chi connectivity index (χ1) is 8.84. The van der Waals surface area contributed by atoms with Crippen LogP contribution in [0.4, 0.5) is 0 Å². The Hall–Kier alpha value is -0.770. The minimum absolute atomic E-state index is 0.436. The van der Waals surface area contributed by atoms with Crippen molar-refractivity contribution in [1.29, 1.82) is 0 Å². The van der Waals surface area contributed by atoms with E-state index in [2.05, 4.69) is 54.0 Å². The van der Waals surface area contributed by atoms with Gasteiger partial charge in [0.1, 0.15) is 0 Å². The summed E-state index contributed by atoms with van der Waals surface area (Å²) in [6.45, 7) is 2.26. The summed E-state index contributed by atoms with van der Waals surface area (Å²) in [7, 11) is 0. The molecule has 0 radical (unpaired) electrons. The highest BCUT2D eigenvalue weighted by Gasteiger charge is 2.22. The Labute approximate surface area is 117 Å². The number of nitrogens with one attached hydrogen (secondary N) is 1. The predicted molar refractivity (Wildman–Crippen MR) is 80.4 cm³/mol. The van der Waals surface area contributed by atoms with Gasteiger partial charge in [-0.15, -0.1) is 23.1 Å². The quantitative estimate of drug-likeness (QED) is 0.876. The summed E-state index contributed by atoms with van der Waals surface area (Å²) >= 11 is 3.81. The topological polar surface area (TPSA) is 12.0 Å². The molecule has 0 aliphatic carbocycles. The predicted octanol–water partition coefficient (Wildman–Crippen LogP) is 4.64. The summed E-state index contributed by atoms with van der Waals surface area (Å²) in [4.78, 5) is 2.87. The van der Waals surface area contributed by atoms with Crippen LogP contribution in [0, 0.1) is 0 Å². The van der Waals surface area contributed by atoms with E-state index in [1.807, 2.05) is 23.1 Å². The smallest absolute Gasteiger partial charge is 0.0391 e. The van der Waals surface area contributed by atoms with Crippen LogP contribution in [-0.2, 0) is 0 Å². The molecule has 94 valence electrons. The number of thioether (sulfide) groups is 1. The first-order valence-corrected chi connectivity index (χ1v) is 8.22. The van der Waals surface area contributed by atoms with Crippen LogP contribution in [0.1, 0.15) is 35.9 Å². The average Bonchev–Trinajstić information content (AvgIpc) is 2.93. The summed E-state index contributed by atoms with van der Waals surface area (Å²) in [5.74, 6) is 1.21. The fourth-order valence-electron chi connectivity index (χ4n) is 2.44. The van der Waals surface area contributed by atoms with Crippen LogP contribution in [0.15, 0.2) is 46.7 Å². The summed E-state index contributed by atoms with van der Waals surface area (Å²) in [5.41, 5.74) is 1.47. The monoisotopic (exact) mass is 275 g/mol. The number of fused-ring (bicyclic) bond motifs is 1. The number of hydrogen-bond donors (Lipinski definition) is 1. The number of rotatable bonds is 3. The van der Waals surface area contributed by atoms with Gasteiger partial charge in [-0.25, -0.2) is 0 Å². The molecule has 1 aromatic carbocycles. The number of thiophene rings is 1. The molecular weight excluding hydrogens is 258 g/mol. The van der Waals surface area contributed by atoms with Gasteiger partial charge in [-0.1, -0.05) is 24.3 Å². The maximum atomic E-state index is 3.77. The van der Waals surface area contributed by atoms with Crippen molar-refractivity contribution in [3.05, 3.63) is 52.2 Å². The van der Waals surface area contributed by atoms with E-state index >= 15 is 0 Å². The second kappa shape index (κ2) is 5.47. The van der Waals surface area contributed by atoms with Crippen molar-refractivity contribution in [1.82, 2.24) is 5.32 Å². The van der Waals surface area contributed by atoms with Crippen molar-refractivity contribution in [2.24, 2.45) is 0 Å². The summed E-state index contributed by atoms with van der Waals surface area (Å²) in [6, 6.07) is 14.1. The van der Waals surface area contributed by atoms with E-state index in [0.29, 0.717) is 12.1 Å². The molecule has 2 aromatic rings. The Morgan fingerprint density at radius 1 is 1.22 bits per heavy atom. The third kappa shape index (κ3) is 2.48. The second-order valence-corrected chi connectivity index (χ2v) is 6.75. The summed E-state index contributed by atoms with van der Waals surface area (Å²) in [6.07, 6.45) is 1.22. The highest BCUT2D eigenvalue weighted by atomic mass is 32.2. The van der Waals surface area contributed by atoms with E-state index in [0.717, 1.165) is 0 Å². The molecule has 0 spiro atoms. The molecule has 0 saturated carbocycles. The lowest BCUT2D eigenvalue weighted by molar-refractivity contribution is 0.454. The Kier molecular flexibility index (Phi) is 3.73. The maximum absolute atomic E-state index is 3.77. The third-order valence-electron chi connectivity index (χ3n) is 3.38. The highest BCUT2D eigenvalue weighted by Crippen LogP contribution is 2.37. The zero-order chi connectivity index (χ0) is 12.4. The fourth-order valence-corrected chi connectivity index (χ4v) is 4.31. The van der Waals surface area contributed by atoms with Crippen molar-refractivity contribution in [2.45, 2.75) is 30.3 Å². The first kappa shape index (κ1) is 12.3.